The number of anilines is 1. The molecule has 0 atom stereocenters. The predicted octanol–water partition coefficient (Wildman–Crippen LogP) is 2.66. The quantitative estimate of drug-likeness (QED) is 0.873. The van der Waals surface area contributed by atoms with Crippen LogP contribution in [0.5, 0.6) is 0 Å². The maximum Gasteiger partial charge on any atom is 0.306 e. The minimum atomic E-state index is -0.664. The topological polar surface area (TPSA) is 75.1 Å². The molecule has 0 radical (unpaired) electrons. The Morgan fingerprint density at radius 2 is 2.05 bits per heavy atom. The van der Waals surface area contributed by atoms with Gasteiger partial charge in [-0.3, -0.25) is 4.79 Å². The van der Waals surface area contributed by atoms with Gasteiger partial charge in [-0.15, -0.1) is 0 Å². The first kappa shape index (κ1) is 13.8. The molecule has 0 spiro atoms. The predicted molar refractivity (Wildman–Crippen MR) is 73.1 cm³/mol. The Labute approximate surface area is 113 Å². The summed E-state index contributed by atoms with van der Waals surface area (Å²) in [5.74, 6) is 1.16. The first-order chi connectivity index (χ1) is 9.06. The van der Waals surface area contributed by atoms with Crippen molar-refractivity contribution in [2.45, 2.75) is 51.5 Å². The lowest BCUT2D eigenvalue weighted by Gasteiger charge is -2.27. The number of nitrogens with zero attached hydrogens (tertiary/aromatic N) is 2. The molecule has 104 valence electrons. The normalized spacial score (nSPS) is 23.3. The van der Waals surface area contributed by atoms with E-state index in [1.165, 1.54) is 0 Å². The molecule has 0 aromatic carbocycles. The van der Waals surface area contributed by atoms with Gasteiger partial charge in [0.15, 0.2) is 0 Å². The Bertz CT molecular complexity index is 440. The Hall–Kier alpha value is -1.65. The molecule has 0 aliphatic heterocycles. The molecule has 5 nitrogen and oxygen atoms in total. The third-order valence-corrected chi connectivity index (χ3v) is 3.62. The minimum Gasteiger partial charge on any atom is -0.481 e. The zero-order chi connectivity index (χ0) is 13.8. The van der Waals surface area contributed by atoms with E-state index in [9.17, 15) is 4.79 Å². The molecule has 19 heavy (non-hydrogen) atoms. The second-order valence-electron chi connectivity index (χ2n) is 5.49. The van der Waals surface area contributed by atoms with Crippen molar-refractivity contribution in [1.29, 1.82) is 0 Å². The molecule has 0 amide bonds. The van der Waals surface area contributed by atoms with Crippen LogP contribution in [0.1, 0.15) is 51.3 Å². The highest BCUT2D eigenvalue weighted by atomic mass is 16.4. The van der Waals surface area contributed by atoms with Crippen LogP contribution >= 0.6 is 0 Å². The first-order valence-corrected chi connectivity index (χ1v) is 6.88. The molecule has 1 heterocycles. The van der Waals surface area contributed by atoms with Crippen LogP contribution < -0.4 is 5.32 Å². The van der Waals surface area contributed by atoms with Crippen LogP contribution in [-0.4, -0.2) is 27.1 Å². The maximum atomic E-state index is 10.9. The molecule has 1 aliphatic rings. The van der Waals surface area contributed by atoms with Crippen LogP contribution in [0, 0.1) is 5.92 Å². The summed E-state index contributed by atoms with van der Waals surface area (Å²) >= 11 is 0. The highest BCUT2D eigenvalue weighted by Crippen LogP contribution is 2.26. The maximum absolute atomic E-state index is 10.9. The third kappa shape index (κ3) is 3.66. The number of aromatic nitrogens is 2. The summed E-state index contributed by atoms with van der Waals surface area (Å²) in [7, 11) is 0. The van der Waals surface area contributed by atoms with E-state index in [2.05, 4.69) is 29.1 Å². The number of hydrogen-bond donors (Lipinski definition) is 2. The van der Waals surface area contributed by atoms with Gasteiger partial charge in [-0.1, -0.05) is 13.8 Å². The smallest absolute Gasteiger partial charge is 0.306 e. The molecular formula is C14H21N3O2. The van der Waals surface area contributed by atoms with Gasteiger partial charge in [0.25, 0.3) is 0 Å². The van der Waals surface area contributed by atoms with Crippen LogP contribution in [0.25, 0.3) is 0 Å². The van der Waals surface area contributed by atoms with Gasteiger partial charge in [-0.05, 0) is 31.7 Å². The van der Waals surface area contributed by atoms with Gasteiger partial charge in [-0.25, -0.2) is 9.97 Å². The second-order valence-corrected chi connectivity index (χ2v) is 5.49. The Kier molecular flexibility index (Phi) is 4.35. The first-order valence-electron chi connectivity index (χ1n) is 6.88. The summed E-state index contributed by atoms with van der Waals surface area (Å²) in [4.78, 5) is 19.6. The standard InChI is InChI=1S/C14H21N3O2/c1-9(2)13-15-8-7-12(17-13)16-11-5-3-10(4-6-11)14(18)19/h7-11H,3-6H2,1-2H3,(H,18,19)(H,15,16,17). The summed E-state index contributed by atoms with van der Waals surface area (Å²) in [6, 6.07) is 2.19. The molecular weight excluding hydrogens is 242 g/mol. The fraction of sp³-hybridized carbons (Fsp3) is 0.643. The number of hydrogen-bond acceptors (Lipinski definition) is 4. The van der Waals surface area contributed by atoms with Crippen molar-refractivity contribution in [3.63, 3.8) is 0 Å². The Morgan fingerprint density at radius 3 is 2.63 bits per heavy atom. The van der Waals surface area contributed by atoms with Gasteiger partial charge < -0.3 is 10.4 Å². The van der Waals surface area contributed by atoms with Gasteiger partial charge in [0, 0.05) is 18.2 Å². The highest BCUT2D eigenvalue weighted by molar-refractivity contribution is 5.70. The lowest BCUT2D eigenvalue weighted by atomic mass is 9.86. The van der Waals surface area contributed by atoms with E-state index in [0.29, 0.717) is 12.0 Å². The molecule has 0 saturated heterocycles. The van der Waals surface area contributed by atoms with Crippen LogP contribution in [0.2, 0.25) is 0 Å². The van der Waals surface area contributed by atoms with Gasteiger partial charge in [0.1, 0.15) is 11.6 Å². The fourth-order valence-electron chi connectivity index (χ4n) is 2.43. The monoisotopic (exact) mass is 263 g/mol. The Morgan fingerprint density at radius 1 is 1.37 bits per heavy atom. The molecule has 1 aliphatic carbocycles. The van der Waals surface area contributed by atoms with E-state index in [1.807, 2.05) is 6.07 Å². The fourth-order valence-corrected chi connectivity index (χ4v) is 2.43. The molecule has 1 saturated carbocycles. The van der Waals surface area contributed by atoms with Crippen molar-refractivity contribution in [3.05, 3.63) is 18.1 Å². The Balaban J connectivity index is 1.92. The number of nitrogens with one attached hydrogen (secondary N) is 1. The molecule has 0 unspecified atom stereocenters. The van der Waals surface area contributed by atoms with Crippen molar-refractivity contribution in [1.82, 2.24) is 9.97 Å². The van der Waals surface area contributed by atoms with E-state index < -0.39 is 5.97 Å². The molecule has 0 bridgehead atoms. The van der Waals surface area contributed by atoms with Crippen molar-refractivity contribution in [3.8, 4) is 0 Å². The van der Waals surface area contributed by atoms with Crippen molar-refractivity contribution < 1.29 is 9.90 Å². The van der Waals surface area contributed by atoms with Gasteiger partial charge in [0.2, 0.25) is 0 Å². The van der Waals surface area contributed by atoms with E-state index in [0.717, 1.165) is 37.3 Å². The van der Waals surface area contributed by atoms with E-state index >= 15 is 0 Å². The lowest BCUT2D eigenvalue weighted by molar-refractivity contribution is -0.142. The molecule has 2 rings (SSSR count). The third-order valence-electron chi connectivity index (χ3n) is 3.62. The van der Waals surface area contributed by atoms with Crippen LogP contribution in [0.15, 0.2) is 12.3 Å². The van der Waals surface area contributed by atoms with E-state index in [1.54, 1.807) is 6.20 Å². The highest BCUT2D eigenvalue weighted by Gasteiger charge is 2.25. The number of rotatable bonds is 4. The largest absolute Gasteiger partial charge is 0.481 e. The van der Waals surface area contributed by atoms with Crippen LogP contribution in [-0.2, 0) is 4.79 Å². The molecule has 1 aromatic rings. The summed E-state index contributed by atoms with van der Waals surface area (Å²) < 4.78 is 0. The zero-order valence-corrected chi connectivity index (χ0v) is 11.5. The summed E-state index contributed by atoms with van der Waals surface area (Å²) in [5.41, 5.74) is 0. The number of carboxylic acid groups (broad SMARTS) is 1. The lowest BCUT2D eigenvalue weighted by Crippen LogP contribution is -2.29. The van der Waals surface area contributed by atoms with Crippen LogP contribution in [0.3, 0.4) is 0 Å². The van der Waals surface area contributed by atoms with Crippen molar-refractivity contribution in [2.24, 2.45) is 5.92 Å². The number of carbonyl (C=O) groups is 1. The van der Waals surface area contributed by atoms with E-state index in [4.69, 9.17) is 5.11 Å². The summed E-state index contributed by atoms with van der Waals surface area (Å²) in [6.07, 6.45) is 5.04. The molecule has 2 N–H and O–H groups in total. The van der Waals surface area contributed by atoms with Gasteiger partial charge >= 0.3 is 5.97 Å². The van der Waals surface area contributed by atoms with Crippen molar-refractivity contribution >= 4 is 11.8 Å². The second kappa shape index (κ2) is 5.99. The summed E-state index contributed by atoms with van der Waals surface area (Å²) in [6.45, 7) is 4.13. The average molecular weight is 263 g/mol. The molecule has 5 heteroatoms. The van der Waals surface area contributed by atoms with Gasteiger partial charge in [-0.2, -0.15) is 0 Å². The van der Waals surface area contributed by atoms with E-state index in [-0.39, 0.29) is 5.92 Å². The molecule has 1 aromatic heterocycles. The molecule has 1 fully saturated rings. The number of carboxylic acids is 1. The zero-order valence-electron chi connectivity index (χ0n) is 11.5. The average Bonchev–Trinajstić information content (AvgIpc) is 2.39. The van der Waals surface area contributed by atoms with Crippen molar-refractivity contribution in [2.75, 3.05) is 5.32 Å². The van der Waals surface area contributed by atoms with Gasteiger partial charge in [0.05, 0.1) is 5.92 Å². The summed E-state index contributed by atoms with van der Waals surface area (Å²) in [5, 5.41) is 12.4. The number of aliphatic carboxylic acids is 1. The minimum absolute atomic E-state index is 0.172. The SMILES string of the molecule is CC(C)c1nccc(NC2CCC(C(=O)O)CC2)n1. The van der Waals surface area contributed by atoms with Crippen LogP contribution in [0.4, 0.5) is 5.82 Å².